The third kappa shape index (κ3) is 3.42. The van der Waals surface area contributed by atoms with Gasteiger partial charge >= 0.3 is 0 Å². The Kier molecular flexibility index (Phi) is 6.08. The van der Waals surface area contributed by atoms with Crippen molar-refractivity contribution in [3.63, 3.8) is 0 Å². The minimum absolute atomic E-state index is 0.00549. The molecule has 0 aromatic heterocycles. The molecule has 2 bridgehead atoms. The first-order chi connectivity index (χ1) is 18.2. The summed E-state index contributed by atoms with van der Waals surface area (Å²) < 4.78 is 12.3. The van der Waals surface area contributed by atoms with E-state index in [1.807, 2.05) is 42.6 Å². The van der Waals surface area contributed by atoms with Crippen LogP contribution in [0.4, 0.5) is 0 Å². The zero-order valence-corrected chi connectivity index (χ0v) is 23.1. The summed E-state index contributed by atoms with van der Waals surface area (Å²) in [6.07, 6.45) is 4.01. The number of carbonyl (C=O) groups is 2. The van der Waals surface area contributed by atoms with E-state index >= 15 is 0 Å². The van der Waals surface area contributed by atoms with Crippen LogP contribution in [-0.4, -0.2) is 71.3 Å². The van der Waals surface area contributed by atoms with Gasteiger partial charge in [-0.05, 0) is 36.2 Å². The van der Waals surface area contributed by atoms with Crippen LogP contribution in [0.5, 0.6) is 11.5 Å². The van der Waals surface area contributed by atoms with Crippen LogP contribution in [-0.2, 0) is 16.6 Å². The number of carbonyl (C=O) groups excluding carboxylic acids is 2. The lowest BCUT2D eigenvalue weighted by Crippen LogP contribution is -2.79. The van der Waals surface area contributed by atoms with Gasteiger partial charge in [-0.15, -0.1) is 9.24 Å². The monoisotopic (exact) mass is 536 g/mol. The van der Waals surface area contributed by atoms with Crippen molar-refractivity contribution in [3.05, 3.63) is 64.9 Å². The molecule has 2 aliphatic heterocycles. The van der Waals surface area contributed by atoms with E-state index < -0.39 is 17.1 Å². The summed E-state index contributed by atoms with van der Waals surface area (Å²) in [7, 11) is 6.31. The molecule has 1 saturated carbocycles. The third-order valence-electron chi connectivity index (χ3n) is 9.56. The lowest BCUT2D eigenvalue weighted by Gasteiger charge is -2.63. The molecule has 6 atom stereocenters. The van der Waals surface area contributed by atoms with E-state index in [9.17, 15) is 19.8 Å². The van der Waals surface area contributed by atoms with Crippen LogP contribution in [0.3, 0.4) is 0 Å². The highest BCUT2D eigenvalue weighted by atomic mass is 31.0. The fourth-order valence-electron chi connectivity index (χ4n) is 7.76. The van der Waals surface area contributed by atoms with Gasteiger partial charge in [-0.2, -0.15) is 0 Å². The molecular formula is C30H35NO6P+. The van der Waals surface area contributed by atoms with Crippen LogP contribution in [0, 0.1) is 0 Å². The van der Waals surface area contributed by atoms with Crippen LogP contribution in [0.15, 0.2) is 48.2 Å². The highest BCUT2D eigenvalue weighted by Crippen LogP contribution is 2.65. The quantitative estimate of drug-likeness (QED) is 0.245. The predicted octanol–water partition coefficient (Wildman–Crippen LogP) is 2.60. The average molecular weight is 537 g/mol. The third-order valence-corrected chi connectivity index (χ3v) is 9.94. The van der Waals surface area contributed by atoms with E-state index in [0.29, 0.717) is 65.8 Å². The zero-order valence-electron chi connectivity index (χ0n) is 21.9. The number of aliphatic hydroxyl groups excluding tert-OH is 1. The molecular weight excluding hydrogens is 501 g/mol. The first-order valence-corrected chi connectivity index (χ1v) is 14.0. The smallest absolute Gasteiger partial charge is 0.194 e. The van der Waals surface area contributed by atoms with Gasteiger partial charge in [0.1, 0.15) is 17.8 Å². The summed E-state index contributed by atoms with van der Waals surface area (Å²) in [6, 6.07) is 11.1. The number of nitrogens with zero attached hydrogens (tertiary/aromatic N) is 1. The summed E-state index contributed by atoms with van der Waals surface area (Å²) in [6.45, 7) is 0.644. The Balaban J connectivity index is 1.48. The summed E-state index contributed by atoms with van der Waals surface area (Å²) in [5, 5.41) is 23.2. The van der Waals surface area contributed by atoms with Crippen molar-refractivity contribution >= 4 is 26.1 Å². The van der Waals surface area contributed by atoms with Gasteiger partial charge in [0.05, 0.1) is 31.7 Å². The lowest BCUT2D eigenvalue weighted by atomic mass is 9.48. The number of ketones is 2. The number of benzene rings is 2. The number of rotatable bonds is 7. The number of methoxy groups -OCH3 is 1. The number of aliphatic hydroxyl groups is 2. The van der Waals surface area contributed by atoms with E-state index in [1.165, 1.54) is 0 Å². The van der Waals surface area contributed by atoms with Gasteiger partial charge in [0.15, 0.2) is 29.2 Å². The molecule has 200 valence electrons. The van der Waals surface area contributed by atoms with Crippen LogP contribution < -0.4 is 14.8 Å². The topological polar surface area (TPSA) is 93.1 Å². The molecule has 7 nitrogen and oxygen atoms in total. The second-order valence-electron chi connectivity index (χ2n) is 11.5. The molecule has 2 N–H and O–H groups in total. The van der Waals surface area contributed by atoms with E-state index in [-0.39, 0.29) is 30.6 Å². The number of hydrogen-bond acceptors (Lipinski definition) is 6. The van der Waals surface area contributed by atoms with Crippen molar-refractivity contribution in [1.29, 1.82) is 0 Å². The summed E-state index contributed by atoms with van der Waals surface area (Å²) in [4.78, 5) is 26.9. The van der Waals surface area contributed by atoms with E-state index in [0.717, 1.165) is 16.4 Å². The second kappa shape index (κ2) is 8.99. The molecule has 0 radical (unpaired) electrons. The minimum atomic E-state index is -1.17. The number of Topliss-reactive ketones (excluding diaryl/α,β-unsaturated/α-hetero) is 2. The van der Waals surface area contributed by atoms with Gasteiger partial charge in [0.25, 0.3) is 0 Å². The first-order valence-electron chi connectivity index (χ1n) is 13.4. The van der Waals surface area contributed by atoms with Gasteiger partial charge in [0, 0.05) is 37.0 Å². The highest BCUT2D eigenvalue weighted by molar-refractivity contribution is 7.27. The molecule has 6 rings (SSSR count). The SMILES string of the molecule is COc1ccc2c3c1O[C@@H]1C(=O)CC[C@]4(O)[C@H](C2)[N@@+](C)(/C=C(\CCCO)C(=O)c2ccc(P)cc2)CC[C@@]314. The van der Waals surface area contributed by atoms with Crippen molar-refractivity contribution in [2.45, 2.75) is 61.7 Å². The Morgan fingerprint density at radius 1 is 1.24 bits per heavy atom. The maximum atomic E-state index is 13.7. The first kappa shape index (κ1) is 25.7. The van der Waals surface area contributed by atoms with Crippen molar-refractivity contribution in [1.82, 2.24) is 0 Å². The molecule has 2 aromatic rings. The maximum Gasteiger partial charge on any atom is 0.194 e. The number of piperidine rings is 1. The summed E-state index contributed by atoms with van der Waals surface area (Å²) >= 11 is 0. The molecule has 1 saturated heterocycles. The summed E-state index contributed by atoms with van der Waals surface area (Å²) in [5.41, 5.74) is 1.27. The average Bonchev–Trinajstić information content (AvgIpc) is 3.27. The van der Waals surface area contributed by atoms with Gasteiger partial charge in [0.2, 0.25) is 0 Å². The van der Waals surface area contributed by atoms with Crippen molar-refractivity contribution in [3.8, 4) is 11.5 Å². The van der Waals surface area contributed by atoms with Crippen LogP contribution in [0.25, 0.3) is 0 Å². The zero-order chi connectivity index (χ0) is 26.9. The van der Waals surface area contributed by atoms with Crippen molar-refractivity contribution < 1.29 is 33.8 Å². The van der Waals surface area contributed by atoms with Crippen LogP contribution in [0.1, 0.15) is 53.6 Å². The summed E-state index contributed by atoms with van der Waals surface area (Å²) in [5.74, 6) is 1.17. The largest absolute Gasteiger partial charge is 0.493 e. The Labute approximate surface area is 225 Å². The number of likely N-dealkylation sites (tertiary alicyclic amines) is 1. The number of likely N-dealkylation sites (N-methyl/N-ethyl adjacent to an activating group) is 1. The normalized spacial score (nSPS) is 33.0. The Hall–Kier alpha value is -2.57. The fourth-order valence-corrected chi connectivity index (χ4v) is 7.95. The van der Waals surface area contributed by atoms with Crippen molar-refractivity contribution in [2.24, 2.45) is 0 Å². The van der Waals surface area contributed by atoms with Crippen LogP contribution in [0.2, 0.25) is 0 Å². The van der Waals surface area contributed by atoms with Gasteiger partial charge in [-0.3, -0.25) is 14.1 Å². The molecule has 4 aliphatic rings. The molecule has 1 unspecified atom stereocenters. The number of hydrogen-bond donors (Lipinski definition) is 2. The number of quaternary nitrogens is 1. The molecule has 2 fully saturated rings. The van der Waals surface area contributed by atoms with E-state index in [1.54, 1.807) is 7.11 Å². The Morgan fingerprint density at radius 3 is 2.71 bits per heavy atom. The van der Waals surface area contributed by atoms with Gasteiger partial charge in [-0.25, -0.2) is 0 Å². The standard InChI is InChI=1S/C30H35NO6P/c1-31(17-20(4-3-15-32)26(34)18-5-8-21(38)9-6-18)14-13-29-25-19-7-10-23(36-2)27(25)37-28(29)22(33)11-12-30(29,35)24(31)16-19/h5-10,17,24,28,32,35H,3-4,11-16,38H2,1-2H3/q+1/b20-17+/t24-,28+,29+,30-,31+/m0/s1. The predicted molar refractivity (Wildman–Crippen MR) is 146 cm³/mol. The molecule has 2 heterocycles. The van der Waals surface area contributed by atoms with Crippen molar-refractivity contribution in [2.75, 3.05) is 27.3 Å². The Morgan fingerprint density at radius 2 is 2.00 bits per heavy atom. The maximum absolute atomic E-state index is 13.7. The molecule has 38 heavy (non-hydrogen) atoms. The fraction of sp³-hybridized carbons (Fsp3) is 0.467. The lowest BCUT2D eigenvalue weighted by molar-refractivity contribution is -0.903. The minimum Gasteiger partial charge on any atom is -0.493 e. The molecule has 2 aliphatic carbocycles. The molecule has 2 aromatic carbocycles. The van der Waals surface area contributed by atoms with Crippen LogP contribution >= 0.6 is 9.24 Å². The number of allylic oxidation sites excluding steroid dienone is 1. The highest BCUT2D eigenvalue weighted by Gasteiger charge is 2.76. The molecule has 8 heteroatoms. The number of ether oxygens (including phenoxy) is 2. The molecule has 0 amide bonds. The van der Waals surface area contributed by atoms with Gasteiger partial charge < -0.3 is 19.7 Å². The van der Waals surface area contributed by atoms with E-state index in [2.05, 4.69) is 16.3 Å². The second-order valence-corrected chi connectivity index (χ2v) is 12.1. The molecule has 1 spiro atoms. The van der Waals surface area contributed by atoms with Gasteiger partial charge in [-0.1, -0.05) is 30.3 Å². The Bertz CT molecular complexity index is 1360. The van der Waals surface area contributed by atoms with E-state index in [4.69, 9.17) is 9.47 Å².